The van der Waals surface area contributed by atoms with Crippen molar-refractivity contribution in [2.45, 2.75) is 45.1 Å². The highest BCUT2D eigenvalue weighted by atomic mass is 32.1. The molecule has 1 aliphatic carbocycles. The first-order valence-corrected chi connectivity index (χ1v) is 10.6. The highest BCUT2D eigenvalue weighted by molar-refractivity contribution is 7.12. The highest BCUT2D eigenvalue weighted by Crippen LogP contribution is 2.45. The standard InChI is InChI=1S/C20H28N4O2S/c1-12-8-19(24(3)23-12)22-20(25)15-10-18(27-13(15)2)16-9-17(16)21-11-14-4-6-26-7-5-14/h8,10,14,16-17,21H,4-7,9,11H2,1-3H3,(H,22,25). The van der Waals surface area contributed by atoms with E-state index >= 15 is 0 Å². The van der Waals surface area contributed by atoms with Gasteiger partial charge in [-0.1, -0.05) is 0 Å². The molecular weight excluding hydrogens is 360 g/mol. The van der Waals surface area contributed by atoms with Crippen LogP contribution in [0.15, 0.2) is 12.1 Å². The summed E-state index contributed by atoms with van der Waals surface area (Å²) in [4.78, 5) is 15.1. The molecule has 2 atom stereocenters. The third-order valence-electron chi connectivity index (χ3n) is 5.59. The first-order valence-electron chi connectivity index (χ1n) is 9.74. The zero-order chi connectivity index (χ0) is 19.0. The Morgan fingerprint density at radius 3 is 2.81 bits per heavy atom. The van der Waals surface area contributed by atoms with Crippen LogP contribution in [0.5, 0.6) is 0 Å². The lowest BCUT2D eigenvalue weighted by atomic mass is 10.0. The van der Waals surface area contributed by atoms with Gasteiger partial charge in [0.2, 0.25) is 0 Å². The van der Waals surface area contributed by atoms with Crippen LogP contribution in [-0.2, 0) is 11.8 Å². The van der Waals surface area contributed by atoms with Gasteiger partial charge in [-0.3, -0.25) is 9.48 Å². The van der Waals surface area contributed by atoms with Crippen molar-refractivity contribution in [3.63, 3.8) is 0 Å². The Labute approximate surface area is 164 Å². The number of carbonyl (C=O) groups excluding carboxylic acids is 1. The van der Waals surface area contributed by atoms with Crippen LogP contribution in [0.2, 0.25) is 0 Å². The fourth-order valence-corrected chi connectivity index (χ4v) is 5.03. The van der Waals surface area contributed by atoms with Crippen LogP contribution in [-0.4, -0.2) is 41.5 Å². The van der Waals surface area contributed by atoms with Crippen LogP contribution in [0, 0.1) is 19.8 Å². The smallest absolute Gasteiger partial charge is 0.257 e. The predicted octanol–water partition coefficient (Wildman–Crippen LogP) is 3.22. The maximum absolute atomic E-state index is 12.7. The molecule has 2 unspecified atom stereocenters. The van der Waals surface area contributed by atoms with Crippen LogP contribution < -0.4 is 10.6 Å². The monoisotopic (exact) mass is 388 g/mol. The molecule has 2 aromatic heterocycles. The molecule has 3 heterocycles. The zero-order valence-electron chi connectivity index (χ0n) is 16.2. The van der Waals surface area contributed by atoms with Crippen LogP contribution in [0.4, 0.5) is 5.82 Å². The van der Waals surface area contributed by atoms with E-state index in [1.54, 1.807) is 16.0 Å². The van der Waals surface area contributed by atoms with E-state index in [0.717, 1.165) is 47.6 Å². The second-order valence-electron chi connectivity index (χ2n) is 7.78. The summed E-state index contributed by atoms with van der Waals surface area (Å²) in [5, 5.41) is 11.0. The lowest BCUT2D eigenvalue weighted by molar-refractivity contribution is 0.0662. The minimum atomic E-state index is -0.0506. The SMILES string of the molecule is Cc1cc(NC(=O)c2cc(C3CC3NCC3CCOCC3)sc2C)n(C)n1. The van der Waals surface area contributed by atoms with Gasteiger partial charge in [0.15, 0.2) is 0 Å². The summed E-state index contributed by atoms with van der Waals surface area (Å²) >= 11 is 1.76. The molecule has 2 aliphatic rings. The number of hydrogen-bond donors (Lipinski definition) is 2. The van der Waals surface area contributed by atoms with Gasteiger partial charge in [0.25, 0.3) is 5.91 Å². The Bertz CT molecular complexity index is 822. The van der Waals surface area contributed by atoms with Crippen molar-refractivity contribution < 1.29 is 9.53 Å². The van der Waals surface area contributed by atoms with Crippen LogP contribution in [0.25, 0.3) is 0 Å². The van der Waals surface area contributed by atoms with E-state index in [1.807, 2.05) is 27.0 Å². The number of amides is 1. The van der Waals surface area contributed by atoms with Gasteiger partial charge in [-0.2, -0.15) is 5.10 Å². The Morgan fingerprint density at radius 2 is 2.11 bits per heavy atom. The lowest BCUT2D eigenvalue weighted by Gasteiger charge is -2.22. The van der Waals surface area contributed by atoms with Gasteiger partial charge >= 0.3 is 0 Å². The Kier molecular flexibility index (Phi) is 5.34. The molecule has 7 heteroatoms. The number of ether oxygens (including phenoxy) is 1. The van der Waals surface area contributed by atoms with Crippen molar-refractivity contribution in [3.8, 4) is 0 Å². The van der Waals surface area contributed by atoms with Gasteiger partial charge in [-0.15, -0.1) is 11.3 Å². The van der Waals surface area contributed by atoms with E-state index in [-0.39, 0.29) is 5.91 Å². The topological polar surface area (TPSA) is 68.2 Å². The van der Waals surface area contributed by atoms with Crippen molar-refractivity contribution in [2.24, 2.45) is 13.0 Å². The normalized spacial score (nSPS) is 22.8. The number of carbonyl (C=O) groups is 1. The number of rotatable bonds is 6. The summed E-state index contributed by atoms with van der Waals surface area (Å²) in [5.41, 5.74) is 1.68. The van der Waals surface area contributed by atoms with E-state index < -0.39 is 0 Å². The number of thiophene rings is 1. The van der Waals surface area contributed by atoms with Crippen LogP contribution >= 0.6 is 11.3 Å². The number of aryl methyl sites for hydroxylation is 3. The Morgan fingerprint density at radius 1 is 1.33 bits per heavy atom. The molecule has 0 radical (unpaired) electrons. The molecule has 0 bridgehead atoms. The first kappa shape index (κ1) is 18.7. The fourth-order valence-electron chi connectivity index (χ4n) is 3.83. The number of aromatic nitrogens is 2. The molecule has 146 valence electrons. The van der Waals surface area contributed by atoms with Gasteiger partial charge < -0.3 is 15.4 Å². The summed E-state index contributed by atoms with van der Waals surface area (Å²) in [5.74, 6) is 1.97. The molecule has 2 aromatic rings. The third-order valence-corrected chi connectivity index (χ3v) is 6.77. The molecule has 1 aliphatic heterocycles. The highest BCUT2D eigenvalue weighted by Gasteiger charge is 2.40. The molecule has 1 amide bonds. The summed E-state index contributed by atoms with van der Waals surface area (Å²) in [6.45, 7) is 6.84. The summed E-state index contributed by atoms with van der Waals surface area (Å²) in [6, 6.07) is 4.53. The van der Waals surface area contributed by atoms with Crippen LogP contribution in [0.1, 0.15) is 51.0 Å². The fraction of sp³-hybridized carbons (Fsp3) is 0.600. The molecule has 2 N–H and O–H groups in total. The van der Waals surface area contributed by atoms with E-state index in [4.69, 9.17) is 4.74 Å². The predicted molar refractivity (Wildman–Crippen MR) is 108 cm³/mol. The molecule has 4 rings (SSSR count). The van der Waals surface area contributed by atoms with Gasteiger partial charge in [-0.05, 0) is 51.6 Å². The summed E-state index contributed by atoms with van der Waals surface area (Å²) in [6.07, 6.45) is 3.51. The van der Waals surface area contributed by atoms with E-state index in [0.29, 0.717) is 12.0 Å². The molecule has 1 saturated carbocycles. The summed E-state index contributed by atoms with van der Waals surface area (Å²) < 4.78 is 7.13. The van der Waals surface area contributed by atoms with Gasteiger partial charge in [0, 0.05) is 48.0 Å². The molecule has 27 heavy (non-hydrogen) atoms. The largest absolute Gasteiger partial charge is 0.381 e. The van der Waals surface area contributed by atoms with Crippen molar-refractivity contribution >= 4 is 23.1 Å². The second kappa shape index (κ2) is 7.73. The van der Waals surface area contributed by atoms with E-state index in [2.05, 4.69) is 21.8 Å². The Balaban J connectivity index is 1.34. The van der Waals surface area contributed by atoms with Gasteiger partial charge in [0.05, 0.1) is 11.3 Å². The number of hydrogen-bond acceptors (Lipinski definition) is 5. The van der Waals surface area contributed by atoms with E-state index in [9.17, 15) is 4.79 Å². The molecule has 6 nitrogen and oxygen atoms in total. The van der Waals surface area contributed by atoms with Crippen molar-refractivity contribution in [3.05, 3.63) is 33.1 Å². The lowest BCUT2D eigenvalue weighted by Crippen LogP contribution is -2.29. The molecule has 1 saturated heterocycles. The molecular formula is C20H28N4O2S. The molecule has 0 spiro atoms. The van der Waals surface area contributed by atoms with Crippen LogP contribution in [0.3, 0.4) is 0 Å². The quantitative estimate of drug-likeness (QED) is 0.797. The van der Waals surface area contributed by atoms with Crippen molar-refractivity contribution in [2.75, 3.05) is 25.1 Å². The summed E-state index contributed by atoms with van der Waals surface area (Å²) in [7, 11) is 1.84. The minimum Gasteiger partial charge on any atom is -0.381 e. The van der Waals surface area contributed by atoms with Gasteiger partial charge in [-0.25, -0.2) is 0 Å². The molecule has 2 fully saturated rings. The van der Waals surface area contributed by atoms with Gasteiger partial charge in [0.1, 0.15) is 5.82 Å². The number of nitrogens with zero attached hydrogens (tertiary/aromatic N) is 2. The number of anilines is 1. The average molecular weight is 389 g/mol. The molecule has 0 aromatic carbocycles. The average Bonchev–Trinajstić information content (AvgIpc) is 3.22. The van der Waals surface area contributed by atoms with Crippen molar-refractivity contribution in [1.82, 2.24) is 15.1 Å². The third kappa shape index (κ3) is 4.25. The first-order chi connectivity index (χ1) is 13.0. The van der Waals surface area contributed by atoms with Crippen molar-refractivity contribution in [1.29, 1.82) is 0 Å². The van der Waals surface area contributed by atoms with E-state index in [1.165, 1.54) is 24.1 Å². The maximum Gasteiger partial charge on any atom is 0.257 e. The minimum absolute atomic E-state index is 0.0506. The maximum atomic E-state index is 12.7. The number of nitrogens with one attached hydrogen (secondary N) is 2. The zero-order valence-corrected chi connectivity index (χ0v) is 17.1. The Hall–Kier alpha value is -1.70. The second-order valence-corrected chi connectivity index (χ2v) is 9.07.